The molecule has 0 aromatic carbocycles. The molecule has 1 unspecified atom stereocenters. The maximum atomic E-state index is 12.1. The van der Waals surface area contributed by atoms with E-state index >= 15 is 0 Å². The summed E-state index contributed by atoms with van der Waals surface area (Å²) < 4.78 is 5.08. The zero-order valence-corrected chi connectivity index (χ0v) is 12.1. The minimum atomic E-state index is -0.532. The number of carbonyl (C=O) groups is 3. The predicted molar refractivity (Wildman–Crippen MR) is 74.0 cm³/mol. The Morgan fingerprint density at radius 1 is 1.48 bits per heavy atom. The monoisotopic (exact) mass is 293 g/mol. The summed E-state index contributed by atoms with van der Waals surface area (Å²) in [5.74, 6) is 0.146. The van der Waals surface area contributed by atoms with Crippen LogP contribution in [0.4, 0.5) is 4.79 Å². The van der Waals surface area contributed by atoms with E-state index in [0.717, 1.165) is 4.90 Å². The van der Waals surface area contributed by atoms with Crippen molar-refractivity contribution in [1.29, 1.82) is 0 Å². The second-order valence-corrected chi connectivity index (χ2v) is 5.41. The van der Waals surface area contributed by atoms with E-state index < -0.39 is 18.0 Å². The molecular weight excluding hydrogens is 274 g/mol. The van der Waals surface area contributed by atoms with Crippen molar-refractivity contribution in [3.63, 3.8) is 0 Å². The van der Waals surface area contributed by atoms with Gasteiger partial charge in [-0.15, -0.1) is 0 Å². The van der Waals surface area contributed by atoms with Crippen LogP contribution in [0.5, 0.6) is 0 Å². The average molecular weight is 293 g/mol. The first kappa shape index (κ1) is 15.1. The van der Waals surface area contributed by atoms with E-state index in [9.17, 15) is 14.4 Å². The van der Waals surface area contributed by atoms with Crippen LogP contribution in [0.3, 0.4) is 0 Å². The summed E-state index contributed by atoms with van der Waals surface area (Å²) in [5, 5.41) is 5.20. The first-order valence-corrected chi connectivity index (χ1v) is 6.88. The number of carbonyl (C=O) groups excluding carboxylic acids is 3. The van der Waals surface area contributed by atoms with Gasteiger partial charge in [-0.1, -0.05) is 13.8 Å². The van der Waals surface area contributed by atoms with Gasteiger partial charge in [0.1, 0.15) is 18.3 Å². The molecular formula is C14H19N3O4. The summed E-state index contributed by atoms with van der Waals surface area (Å²) >= 11 is 0. The molecule has 1 aromatic rings. The molecule has 2 N–H and O–H groups in total. The minimum Gasteiger partial charge on any atom is -0.467 e. The fourth-order valence-corrected chi connectivity index (χ4v) is 2.16. The highest BCUT2D eigenvalue weighted by atomic mass is 16.3. The summed E-state index contributed by atoms with van der Waals surface area (Å²) in [4.78, 5) is 36.5. The topological polar surface area (TPSA) is 91.7 Å². The molecule has 1 aliphatic heterocycles. The van der Waals surface area contributed by atoms with Gasteiger partial charge in [0.05, 0.1) is 12.8 Å². The Morgan fingerprint density at radius 2 is 2.24 bits per heavy atom. The largest absolute Gasteiger partial charge is 0.467 e. The van der Waals surface area contributed by atoms with Crippen LogP contribution in [0.15, 0.2) is 22.8 Å². The van der Waals surface area contributed by atoms with E-state index in [4.69, 9.17) is 4.42 Å². The summed E-state index contributed by atoms with van der Waals surface area (Å²) in [6.07, 6.45) is 2.07. The second-order valence-electron chi connectivity index (χ2n) is 5.41. The molecule has 7 heteroatoms. The van der Waals surface area contributed by atoms with Crippen LogP contribution >= 0.6 is 0 Å². The van der Waals surface area contributed by atoms with Crippen LogP contribution in [0.1, 0.15) is 26.0 Å². The zero-order valence-electron chi connectivity index (χ0n) is 12.1. The van der Waals surface area contributed by atoms with Crippen LogP contribution in [-0.2, 0) is 16.1 Å². The minimum absolute atomic E-state index is 0.227. The van der Waals surface area contributed by atoms with Gasteiger partial charge in [-0.05, 0) is 24.5 Å². The van der Waals surface area contributed by atoms with Crippen LogP contribution in [0, 0.1) is 5.92 Å². The third-order valence-electron chi connectivity index (χ3n) is 3.16. The van der Waals surface area contributed by atoms with E-state index in [1.165, 1.54) is 6.26 Å². The van der Waals surface area contributed by atoms with Gasteiger partial charge >= 0.3 is 6.03 Å². The van der Waals surface area contributed by atoms with E-state index in [-0.39, 0.29) is 24.9 Å². The number of urea groups is 1. The van der Waals surface area contributed by atoms with Crippen LogP contribution in [0.2, 0.25) is 0 Å². The number of amides is 4. The summed E-state index contributed by atoms with van der Waals surface area (Å²) in [6.45, 7) is 3.89. The van der Waals surface area contributed by atoms with Gasteiger partial charge in [0, 0.05) is 0 Å². The number of hydrogen-bond donors (Lipinski definition) is 2. The Labute approximate surface area is 122 Å². The first-order chi connectivity index (χ1) is 9.97. The first-order valence-electron chi connectivity index (χ1n) is 6.88. The molecule has 0 saturated carbocycles. The van der Waals surface area contributed by atoms with Crippen molar-refractivity contribution < 1.29 is 18.8 Å². The Bertz CT molecular complexity index is 524. The van der Waals surface area contributed by atoms with Crippen LogP contribution in [0.25, 0.3) is 0 Å². The number of nitrogens with zero attached hydrogens (tertiary/aromatic N) is 1. The Balaban J connectivity index is 1.85. The summed E-state index contributed by atoms with van der Waals surface area (Å²) in [6, 6.07) is 2.40. The lowest BCUT2D eigenvalue weighted by Gasteiger charge is -2.13. The molecule has 0 spiro atoms. The highest BCUT2D eigenvalue weighted by molar-refractivity contribution is 6.06. The molecule has 7 nitrogen and oxygen atoms in total. The number of furan rings is 1. The maximum absolute atomic E-state index is 12.1. The third kappa shape index (κ3) is 3.84. The van der Waals surface area contributed by atoms with E-state index in [1.54, 1.807) is 12.1 Å². The van der Waals surface area contributed by atoms with E-state index in [0.29, 0.717) is 12.2 Å². The Morgan fingerprint density at radius 3 is 2.86 bits per heavy atom. The van der Waals surface area contributed by atoms with Gasteiger partial charge in [-0.25, -0.2) is 4.79 Å². The van der Waals surface area contributed by atoms with E-state index in [1.807, 2.05) is 13.8 Å². The van der Waals surface area contributed by atoms with Gasteiger partial charge < -0.3 is 15.1 Å². The SMILES string of the molecule is CC(C)CC1NC(=O)N(CC(=O)NCc2ccco2)C1=O. The van der Waals surface area contributed by atoms with Crippen molar-refractivity contribution in [2.75, 3.05) is 6.54 Å². The molecule has 0 bridgehead atoms. The number of rotatable bonds is 6. The molecule has 1 aliphatic rings. The standard InChI is InChI=1S/C14H19N3O4/c1-9(2)6-11-13(19)17(14(20)16-11)8-12(18)15-7-10-4-3-5-21-10/h3-5,9,11H,6-8H2,1-2H3,(H,15,18)(H,16,20). The second kappa shape index (κ2) is 6.43. The molecule has 1 aromatic heterocycles. The zero-order chi connectivity index (χ0) is 15.4. The molecule has 21 heavy (non-hydrogen) atoms. The Kier molecular flexibility index (Phi) is 4.62. The molecule has 0 aliphatic carbocycles. The Hall–Kier alpha value is -2.31. The van der Waals surface area contributed by atoms with Crippen molar-refractivity contribution in [1.82, 2.24) is 15.5 Å². The highest BCUT2D eigenvalue weighted by Gasteiger charge is 2.38. The molecule has 1 fully saturated rings. The van der Waals surface area contributed by atoms with Crippen molar-refractivity contribution in [2.24, 2.45) is 5.92 Å². The molecule has 2 rings (SSSR count). The maximum Gasteiger partial charge on any atom is 0.325 e. The molecule has 1 atom stereocenters. The van der Waals surface area contributed by atoms with E-state index in [2.05, 4.69) is 10.6 Å². The summed E-state index contributed by atoms with van der Waals surface area (Å²) in [5.41, 5.74) is 0. The molecule has 1 saturated heterocycles. The van der Waals surface area contributed by atoms with Gasteiger partial charge in [0.25, 0.3) is 5.91 Å². The van der Waals surface area contributed by atoms with Gasteiger partial charge in [-0.2, -0.15) is 0 Å². The van der Waals surface area contributed by atoms with Crippen molar-refractivity contribution in [3.8, 4) is 0 Å². The van der Waals surface area contributed by atoms with Crippen molar-refractivity contribution in [3.05, 3.63) is 24.2 Å². The van der Waals surface area contributed by atoms with Gasteiger partial charge in [-0.3, -0.25) is 14.5 Å². The molecule has 0 radical (unpaired) electrons. The quantitative estimate of drug-likeness (QED) is 0.761. The van der Waals surface area contributed by atoms with Crippen molar-refractivity contribution in [2.45, 2.75) is 32.9 Å². The van der Waals surface area contributed by atoms with Gasteiger partial charge in [0.2, 0.25) is 5.91 Å². The fourth-order valence-electron chi connectivity index (χ4n) is 2.16. The number of imide groups is 1. The number of nitrogens with one attached hydrogen (secondary N) is 2. The normalized spacial score (nSPS) is 18.2. The van der Waals surface area contributed by atoms with Gasteiger partial charge in [0.15, 0.2) is 0 Å². The molecule has 4 amide bonds. The summed E-state index contributed by atoms with van der Waals surface area (Å²) in [7, 11) is 0. The lowest BCUT2D eigenvalue weighted by Crippen LogP contribution is -2.41. The van der Waals surface area contributed by atoms with Crippen LogP contribution < -0.4 is 10.6 Å². The molecule has 114 valence electrons. The number of hydrogen-bond acceptors (Lipinski definition) is 4. The fraction of sp³-hybridized carbons (Fsp3) is 0.500. The lowest BCUT2D eigenvalue weighted by molar-refractivity contribution is -0.132. The highest BCUT2D eigenvalue weighted by Crippen LogP contribution is 2.13. The van der Waals surface area contributed by atoms with Crippen LogP contribution in [-0.4, -0.2) is 35.3 Å². The predicted octanol–water partition coefficient (Wildman–Crippen LogP) is 0.862. The smallest absolute Gasteiger partial charge is 0.325 e. The third-order valence-corrected chi connectivity index (χ3v) is 3.16. The van der Waals surface area contributed by atoms with Crippen molar-refractivity contribution >= 4 is 17.8 Å². The molecule has 2 heterocycles. The lowest BCUT2D eigenvalue weighted by atomic mass is 10.0. The average Bonchev–Trinajstić information content (AvgIpc) is 3.00.